The van der Waals surface area contributed by atoms with Gasteiger partial charge < -0.3 is 0 Å². The molecule has 2 rings (SSSR count). The summed E-state index contributed by atoms with van der Waals surface area (Å²) in [5.74, 6) is 0. The van der Waals surface area contributed by atoms with Crippen LogP contribution < -0.4 is 4.31 Å². The van der Waals surface area contributed by atoms with Crippen molar-refractivity contribution in [2.24, 2.45) is 0 Å². The summed E-state index contributed by atoms with van der Waals surface area (Å²) >= 11 is 12.6. The molecule has 0 heterocycles. The van der Waals surface area contributed by atoms with Gasteiger partial charge in [-0.25, -0.2) is 8.42 Å². The number of nitrogens with zero attached hydrogens (tertiary/aromatic N) is 1. The topological polar surface area (TPSA) is 37.4 Å². The molecule has 20 heavy (non-hydrogen) atoms. The summed E-state index contributed by atoms with van der Waals surface area (Å²) in [5.41, 5.74) is 0.501. The fourth-order valence-corrected chi connectivity index (χ4v) is 3.46. The van der Waals surface area contributed by atoms with E-state index in [0.717, 1.165) is 8.95 Å². The zero-order chi connectivity index (χ0) is 14.9. The highest BCUT2D eigenvalue weighted by atomic mass is 79.9. The van der Waals surface area contributed by atoms with Crippen molar-refractivity contribution in [2.75, 3.05) is 11.4 Å². The van der Waals surface area contributed by atoms with Gasteiger partial charge in [0.1, 0.15) is 0 Å². The van der Waals surface area contributed by atoms with Crippen molar-refractivity contribution in [2.45, 2.75) is 4.90 Å². The molecule has 0 saturated carbocycles. The van der Waals surface area contributed by atoms with E-state index in [9.17, 15) is 8.42 Å². The van der Waals surface area contributed by atoms with Crippen LogP contribution in [0.2, 0.25) is 5.02 Å². The predicted molar refractivity (Wildman–Crippen MR) is 88.9 cm³/mol. The summed E-state index contributed by atoms with van der Waals surface area (Å²) < 4.78 is 27.7. The fraction of sp³-hybridized carbons (Fsp3) is 0.0769. The van der Waals surface area contributed by atoms with E-state index in [1.54, 1.807) is 42.5 Å². The first-order chi connectivity index (χ1) is 9.32. The standard InChI is InChI=1S/C13H10Br2ClNO2S/c1-17(10-4-7-12(15)13(16)8-10)20(18,19)11-5-2-9(14)3-6-11/h2-8H,1H3. The van der Waals surface area contributed by atoms with Crippen molar-refractivity contribution in [3.8, 4) is 0 Å². The summed E-state index contributed by atoms with van der Waals surface area (Å²) in [6, 6.07) is 11.5. The first kappa shape index (κ1) is 15.8. The molecule has 2 aromatic carbocycles. The molecular weight excluding hydrogens is 429 g/mol. The van der Waals surface area contributed by atoms with Gasteiger partial charge in [0, 0.05) is 16.0 Å². The van der Waals surface area contributed by atoms with E-state index < -0.39 is 10.0 Å². The smallest absolute Gasteiger partial charge is 0.264 e. The number of benzene rings is 2. The molecule has 106 valence electrons. The van der Waals surface area contributed by atoms with Crippen LogP contribution in [0.5, 0.6) is 0 Å². The SMILES string of the molecule is CN(c1ccc(Br)c(Cl)c1)S(=O)(=O)c1ccc(Br)cc1. The molecular formula is C13H10Br2ClNO2S. The van der Waals surface area contributed by atoms with Gasteiger partial charge >= 0.3 is 0 Å². The molecule has 0 N–H and O–H groups in total. The zero-order valence-electron chi connectivity index (χ0n) is 10.3. The fourth-order valence-electron chi connectivity index (χ4n) is 1.58. The third-order valence-electron chi connectivity index (χ3n) is 2.74. The highest BCUT2D eigenvalue weighted by Crippen LogP contribution is 2.29. The van der Waals surface area contributed by atoms with Gasteiger partial charge in [0.05, 0.1) is 15.6 Å². The van der Waals surface area contributed by atoms with E-state index in [1.807, 2.05) is 0 Å². The van der Waals surface area contributed by atoms with Crippen LogP contribution in [0, 0.1) is 0 Å². The Morgan fingerprint density at radius 2 is 1.65 bits per heavy atom. The van der Waals surface area contributed by atoms with E-state index in [0.29, 0.717) is 10.7 Å². The first-order valence-corrected chi connectivity index (χ1v) is 8.92. The van der Waals surface area contributed by atoms with Crippen LogP contribution in [0.25, 0.3) is 0 Å². The van der Waals surface area contributed by atoms with E-state index >= 15 is 0 Å². The molecule has 0 atom stereocenters. The molecule has 0 aromatic heterocycles. The van der Waals surface area contributed by atoms with Gasteiger partial charge in [0.15, 0.2) is 0 Å². The minimum absolute atomic E-state index is 0.224. The largest absolute Gasteiger partial charge is 0.269 e. The van der Waals surface area contributed by atoms with Gasteiger partial charge in [-0.15, -0.1) is 0 Å². The molecule has 0 saturated heterocycles. The lowest BCUT2D eigenvalue weighted by Gasteiger charge is -2.20. The van der Waals surface area contributed by atoms with Crippen LogP contribution in [-0.2, 0) is 10.0 Å². The van der Waals surface area contributed by atoms with Crippen molar-refractivity contribution in [3.63, 3.8) is 0 Å². The maximum Gasteiger partial charge on any atom is 0.264 e. The van der Waals surface area contributed by atoms with Gasteiger partial charge in [-0.05, 0) is 58.4 Å². The molecule has 7 heteroatoms. The zero-order valence-corrected chi connectivity index (χ0v) is 15.1. The third-order valence-corrected chi connectivity index (χ3v) is 6.30. The molecule has 0 fully saturated rings. The summed E-state index contributed by atoms with van der Waals surface area (Å²) in [5, 5.41) is 0.459. The van der Waals surface area contributed by atoms with Crippen molar-refractivity contribution >= 4 is 59.2 Å². The van der Waals surface area contributed by atoms with Crippen molar-refractivity contribution in [1.82, 2.24) is 0 Å². The van der Waals surface area contributed by atoms with E-state index in [1.165, 1.54) is 11.4 Å². The molecule has 3 nitrogen and oxygen atoms in total. The Balaban J connectivity index is 2.42. The summed E-state index contributed by atoms with van der Waals surface area (Å²) in [6.45, 7) is 0. The van der Waals surface area contributed by atoms with E-state index in [4.69, 9.17) is 11.6 Å². The third kappa shape index (κ3) is 3.19. The average molecular weight is 440 g/mol. The quantitative estimate of drug-likeness (QED) is 0.696. The van der Waals surface area contributed by atoms with Crippen molar-refractivity contribution < 1.29 is 8.42 Å². The van der Waals surface area contributed by atoms with Crippen LogP contribution in [0.3, 0.4) is 0 Å². The van der Waals surface area contributed by atoms with Crippen LogP contribution >= 0.6 is 43.5 Å². The van der Waals surface area contributed by atoms with Gasteiger partial charge in [-0.2, -0.15) is 0 Å². The Bertz CT molecular complexity index is 733. The van der Waals surface area contributed by atoms with Crippen LogP contribution in [0.1, 0.15) is 0 Å². The molecule has 2 aromatic rings. The molecule has 0 aliphatic rings. The average Bonchev–Trinajstić information content (AvgIpc) is 2.41. The van der Waals surface area contributed by atoms with Crippen LogP contribution in [0.4, 0.5) is 5.69 Å². The predicted octanol–water partition coefficient (Wildman–Crippen LogP) is 4.69. The lowest BCUT2D eigenvalue weighted by molar-refractivity contribution is 0.594. The first-order valence-electron chi connectivity index (χ1n) is 5.52. The lowest BCUT2D eigenvalue weighted by Crippen LogP contribution is -2.26. The second kappa shape index (κ2) is 6.05. The maximum atomic E-state index is 12.5. The number of anilines is 1. The number of halogens is 3. The lowest BCUT2D eigenvalue weighted by atomic mass is 10.3. The van der Waals surface area contributed by atoms with Crippen molar-refractivity contribution in [3.05, 3.63) is 56.4 Å². The molecule has 0 radical (unpaired) electrons. The summed E-state index contributed by atoms with van der Waals surface area (Å²) in [4.78, 5) is 0.224. The van der Waals surface area contributed by atoms with Gasteiger partial charge in [-0.3, -0.25) is 4.31 Å². The maximum absolute atomic E-state index is 12.5. The highest BCUT2D eigenvalue weighted by Gasteiger charge is 2.21. The molecule has 0 amide bonds. The van der Waals surface area contributed by atoms with Gasteiger partial charge in [0.25, 0.3) is 10.0 Å². The minimum atomic E-state index is -3.60. The van der Waals surface area contributed by atoms with Gasteiger partial charge in [-0.1, -0.05) is 27.5 Å². The Morgan fingerprint density at radius 1 is 1.05 bits per heavy atom. The molecule has 0 bridgehead atoms. The molecule has 0 aliphatic heterocycles. The molecule has 0 spiro atoms. The number of rotatable bonds is 3. The highest BCUT2D eigenvalue weighted by molar-refractivity contribution is 9.10. The normalized spacial score (nSPS) is 11.4. The van der Waals surface area contributed by atoms with Crippen LogP contribution in [-0.4, -0.2) is 15.5 Å². The van der Waals surface area contributed by atoms with Crippen LogP contribution in [0.15, 0.2) is 56.3 Å². The van der Waals surface area contributed by atoms with Crippen molar-refractivity contribution in [1.29, 1.82) is 0 Å². The number of hydrogen-bond donors (Lipinski definition) is 0. The molecule has 0 aliphatic carbocycles. The Hall–Kier alpha value is -0.560. The Kier molecular flexibility index (Phi) is 4.79. The Morgan fingerprint density at radius 3 is 2.20 bits per heavy atom. The number of hydrogen-bond acceptors (Lipinski definition) is 2. The summed E-state index contributed by atoms with van der Waals surface area (Å²) in [6.07, 6.45) is 0. The minimum Gasteiger partial charge on any atom is -0.269 e. The second-order valence-corrected chi connectivity index (χ2v) is 8.17. The monoisotopic (exact) mass is 437 g/mol. The van der Waals surface area contributed by atoms with Gasteiger partial charge in [0.2, 0.25) is 0 Å². The summed E-state index contributed by atoms with van der Waals surface area (Å²) in [7, 11) is -2.10. The second-order valence-electron chi connectivity index (χ2n) is 4.02. The van der Waals surface area contributed by atoms with E-state index in [2.05, 4.69) is 31.9 Å². The van der Waals surface area contributed by atoms with E-state index in [-0.39, 0.29) is 4.90 Å². The molecule has 0 unspecified atom stereocenters. The number of sulfonamides is 1. The Labute approximate surface area is 139 Å².